The molecule has 88 heavy (non-hydrogen) atoms. The summed E-state index contributed by atoms with van der Waals surface area (Å²) in [5, 5.41) is 22.4. The van der Waals surface area contributed by atoms with Gasteiger partial charge in [0.15, 0.2) is 19.7 Å². The second kappa shape index (κ2) is 33.1. The van der Waals surface area contributed by atoms with Gasteiger partial charge in [-0.15, -0.1) is 23.2 Å². The number of carboxylic acid groups (broad SMARTS) is 2. The zero-order valence-corrected chi connectivity index (χ0v) is 51.1. The van der Waals surface area contributed by atoms with Gasteiger partial charge in [-0.1, -0.05) is 12.1 Å². The Hall–Kier alpha value is -7.67. The van der Waals surface area contributed by atoms with Gasteiger partial charge in [0.1, 0.15) is 17.1 Å². The molecule has 2 fully saturated rings. The summed E-state index contributed by atoms with van der Waals surface area (Å²) in [5.74, 6) is -4.74. The number of ether oxygens (including phenoxy) is 1. The van der Waals surface area contributed by atoms with Crippen molar-refractivity contribution in [3.05, 3.63) is 143 Å². The number of nitrogens with one attached hydrogen (secondary N) is 3. The summed E-state index contributed by atoms with van der Waals surface area (Å²) in [6.45, 7) is 11.6. The standard InChI is InChI=1S/C28H34N4O6S.C23H26N4O4S.2C2HF3O2.CH2Cl2/c1-19-24(18-39(35,36)23-11-14-32(15-12-23)27(34)38-28(2,3)4)31-26(37-19)22-9-7-21(8-10-22)25(33)30-17-20-6-5-13-29-16-20;1-16-21(15-32(29,30)20-8-11-24-12-9-20)27-23(31-16)19-6-4-18(5-7-19)22(28)26-14-17-3-2-10-25-13-17;2*3-2(4,5)1(6)7;2-1-3/h5-10,13,16,23H,11-12,14-15,17-18H2,1-4H3,(H,30,33);2-7,10,13,20,24H,8-9,11-12,14-15H2,1H3,(H,26,28);2*(H,6,7);1H2. The number of rotatable bonds is 14. The van der Waals surface area contributed by atoms with Crippen LogP contribution in [0, 0.1) is 13.8 Å². The number of piperidine rings is 2. The van der Waals surface area contributed by atoms with E-state index in [0.29, 0.717) is 109 Å². The van der Waals surface area contributed by atoms with E-state index < -0.39 is 60.9 Å². The summed E-state index contributed by atoms with van der Waals surface area (Å²) >= 11 is 9.53. The normalized spacial score (nSPS) is 13.9. The average molecular weight is 1320 g/mol. The highest BCUT2D eigenvalue weighted by Crippen LogP contribution is 2.29. The molecule has 0 spiro atoms. The van der Waals surface area contributed by atoms with Crippen molar-refractivity contribution in [2.24, 2.45) is 0 Å². The predicted octanol–water partition coefficient (Wildman–Crippen LogP) is 9.62. The first kappa shape index (κ1) is 72.8. The minimum absolute atomic E-state index is 0.123. The third kappa shape index (κ3) is 24.1. The highest BCUT2D eigenvalue weighted by atomic mass is 35.5. The maximum atomic E-state index is 13.2. The molecular weight excluding hydrogens is 1260 g/mol. The molecule has 6 heterocycles. The number of aliphatic carboxylic acids is 2. The van der Waals surface area contributed by atoms with E-state index in [1.54, 1.807) is 113 Å². The van der Waals surface area contributed by atoms with Crippen molar-refractivity contribution in [3.63, 3.8) is 0 Å². The number of hydrogen-bond donors (Lipinski definition) is 5. The predicted molar refractivity (Wildman–Crippen MR) is 310 cm³/mol. The van der Waals surface area contributed by atoms with E-state index in [1.807, 2.05) is 24.3 Å². The van der Waals surface area contributed by atoms with E-state index in [9.17, 15) is 57.6 Å². The van der Waals surface area contributed by atoms with Crippen molar-refractivity contribution in [1.29, 1.82) is 0 Å². The van der Waals surface area contributed by atoms with Crippen molar-refractivity contribution in [2.45, 2.75) is 113 Å². The maximum Gasteiger partial charge on any atom is 0.490 e. The maximum absolute atomic E-state index is 13.2. The molecule has 32 heteroatoms. The van der Waals surface area contributed by atoms with Crippen LogP contribution in [0.15, 0.2) is 106 Å². The van der Waals surface area contributed by atoms with Crippen LogP contribution in [0.4, 0.5) is 31.1 Å². The molecule has 6 aromatic rings. The largest absolute Gasteiger partial charge is 0.490 e. The fraction of sp³-hybridized carbons (Fsp3) is 0.411. The third-order valence-electron chi connectivity index (χ3n) is 12.5. The summed E-state index contributed by atoms with van der Waals surface area (Å²) < 4.78 is 132. The number of sulfone groups is 2. The molecule has 3 amide bonds. The molecule has 8 rings (SSSR count). The Morgan fingerprint density at radius 3 is 1.31 bits per heavy atom. The van der Waals surface area contributed by atoms with Crippen LogP contribution in [0.3, 0.4) is 0 Å². The number of alkyl halides is 8. The smallest absolute Gasteiger partial charge is 0.475 e. The summed E-state index contributed by atoms with van der Waals surface area (Å²) in [6.07, 6.45) is -1.91. The molecule has 2 aromatic carbocycles. The minimum atomic E-state index is -5.08. The number of likely N-dealkylation sites (tertiary alicyclic amines) is 1. The number of oxazole rings is 2. The van der Waals surface area contributed by atoms with Crippen LogP contribution in [0.2, 0.25) is 0 Å². The lowest BCUT2D eigenvalue weighted by Gasteiger charge is -2.33. The summed E-state index contributed by atoms with van der Waals surface area (Å²) in [5.41, 5.74) is 4.32. The zero-order valence-electron chi connectivity index (χ0n) is 48.0. The molecule has 480 valence electrons. The van der Waals surface area contributed by atoms with Gasteiger partial charge in [-0.3, -0.25) is 19.6 Å². The van der Waals surface area contributed by atoms with Crippen molar-refractivity contribution >= 4 is 72.7 Å². The van der Waals surface area contributed by atoms with E-state index in [1.165, 1.54) is 0 Å². The molecule has 0 bridgehead atoms. The highest BCUT2D eigenvalue weighted by Gasteiger charge is 2.39. The van der Waals surface area contributed by atoms with Crippen LogP contribution in [0.25, 0.3) is 22.9 Å². The van der Waals surface area contributed by atoms with Gasteiger partial charge in [-0.2, -0.15) is 26.3 Å². The molecule has 4 aromatic heterocycles. The summed E-state index contributed by atoms with van der Waals surface area (Å²) in [7, 11) is -6.81. The number of halogens is 8. The first-order valence-corrected chi connectivity index (χ1v) is 31.0. The Balaban J connectivity index is 0.000000301. The molecule has 2 aliphatic rings. The van der Waals surface area contributed by atoms with Gasteiger partial charge in [0.05, 0.1) is 38.7 Å². The highest BCUT2D eigenvalue weighted by molar-refractivity contribution is 7.91. The Kier molecular flexibility index (Phi) is 27.4. The number of hydrogen-bond acceptors (Lipinski definition) is 17. The minimum Gasteiger partial charge on any atom is -0.475 e. The summed E-state index contributed by atoms with van der Waals surface area (Å²) in [4.78, 5) is 73.5. The molecule has 0 unspecified atom stereocenters. The van der Waals surface area contributed by atoms with E-state index in [-0.39, 0.29) is 33.9 Å². The molecule has 0 saturated carbocycles. The summed E-state index contributed by atoms with van der Waals surface area (Å²) in [6, 6.07) is 21.1. The number of aromatic nitrogens is 4. The van der Waals surface area contributed by atoms with Crippen LogP contribution in [0.1, 0.15) is 101 Å². The number of nitrogens with zero attached hydrogens (tertiary/aromatic N) is 5. The van der Waals surface area contributed by atoms with Gasteiger partial charge in [0.2, 0.25) is 11.8 Å². The molecule has 2 saturated heterocycles. The number of carbonyl (C=O) groups is 5. The average Bonchev–Trinajstić information content (AvgIpc) is 4.16. The molecule has 2 aliphatic heterocycles. The SMILES string of the molecule is Cc1oc(-c2ccc(C(=O)NCc3cccnc3)cc2)nc1CS(=O)(=O)C1CCN(C(=O)OC(C)(C)C)CC1.Cc1oc(-c2ccc(C(=O)NCc3cccnc3)cc2)nc1CS(=O)(=O)C1CCNCC1.ClCCl.O=C(O)C(F)(F)F.O=C(O)C(F)(F)F. The van der Waals surface area contributed by atoms with Gasteiger partial charge in [0.25, 0.3) is 11.8 Å². The molecule has 0 radical (unpaired) electrons. The number of pyridine rings is 2. The first-order valence-electron chi connectivity index (χ1n) is 26.5. The second-order valence-electron chi connectivity index (χ2n) is 20.2. The van der Waals surface area contributed by atoms with Crippen LogP contribution in [0.5, 0.6) is 0 Å². The van der Waals surface area contributed by atoms with E-state index in [2.05, 4.69) is 35.9 Å². The van der Waals surface area contributed by atoms with Crippen molar-refractivity contribution in [2.75, 3.05) is 31.5 Å². The molecular formula is C56H64Cl2F6N8O14S2. The third-order valence-corrected chi connectivity index (χ3v) is 16.8. The Labute approximate surface area is 512 Å². The number of carboxylic acids is 2. The fourth-order valence-electron chi connectivity index (χ4n) is 7.97. The Bertz CT molecular complexity index is 3450. The topological polar surface area (TPSA) is 320 Å². The Morgan fingerprint density at radius 1 is 0.636 bits per heavy atom. The molecule has 0 aliphatic carbocycles. The van der Waals surface area contributed by atoms with Crippen molar-refractivity contribution in [1.82, 2.24) is 40.8 Å². The van der Waals surface area contributed by atoms with Gasteiger partial charge in [-0.25, -0.2) is 41.2 Å². The van der Waals surface area contributed by atoms with Crippen molar-refractivity contribution < 1.29 is 90.9 Å². The Morgan fingerprint density at radius 2 is 0.989 bits per heavy atom. The quantitative estimate of drug-likeness (QED) is 0.0500. The van der Waals surface area contributed by atoms with Crippen molar-refractivity contribution in [3.8, 4) is 22.9 Å². The monoisotopic (exact) mass is 1320 g/mol. The molecule has 5 N–H and O–H groups in total. The first-order chi connectivity index (χ1) is 41.1. The number of aryl methyl sites for hydroxylation is 2. The van der Waals surface area contributed by atoms with Crippen LogP contribution >= 0.6 is 23.2 Å². The van der Waals surface area contributed by atoms with E-state index in [0.717, 1.165) is 24.2 Å². The van der Waals surface area contributed by atoms with Gasteiger partial charge < -0.3 is 44.6 Å². The lowest BCUT2D eigenvalue weighted by molar-refractivity contribution is -0.193. The number of benzene rings is 2. The number of carbonyl (C=O) groups excluding carboxylic acids is 3. The lowest BCUT2D eigenvalue weighted by Crippen LogP contribution is -2.44. The van der Waals surface area contributed by atoms with Gasteiger partial charge >= 0.3 is 30.4 Å². The lowest BCUT2D eigenvalue weighted by atomic mass is 10.1. The molecule has 0 atom stereocenters. The van der Waals surface area contributed by atoms with E-state index >= 15 is 0 Å². The fourth-order valence-corrected chi connectivity index (χ4v) is 11.6. The van der Waals surface area contributed by atoms with Crippen LogP contribution in [-0.2, 0) is 58.6 Å². The second-order valence-corrected chi connectivity index (χ2v) is 25.6. The van der Waals surface area contributed by atoms with Gasteiger partial charge in [-0.05, 0) is 145 Å². The number of amides is 3. The zero-order chi connectivity index (χ0) is 65.6. The van der Waals surface area contributed by atoms with Crippen LogP contribution in [-0.4, -0.2) is 142 Å². The van der Waals surface area contributed by atoms with Gasteiger partial charge in [0, 0.05) is 73.2 Å². The molecule has 22 nitrogen and oxygen atoms in total. The van der Waals surface area contributed by atoms with E-state index in [4.69, 9.17) is 56.6 Å². The van der Waals surface area contributed by atoms with Crippen LogP contribution < -0.4 is 16.0 Å².